The molecule has 0 saturated heterocycles. The maximum absolute atomic E-state index is 2.39. The molecule has 0 aromatic heterocycles. The van der Waals surface area contributed by atoms with E-state index in [0.29, 0.717) is 10.3 Å². The van der Waals surface area contributed by atoms with E-state index in [1.165, 1.54) is 17.3 Å². The fourth-order valence-corrected chi connectivity index (χ4v) is 6.10. The van der Waals surface area contributed by atoms with E-state index in [1.807, 2.05) is 0 Å². The predicted octanol–water partition coefficient (Wildman–Crippen LogP) is 5.57. The monoisotopic (exact) mass is 250 g/mol. The number of hydrogen-bond donors (Lipinski definition) is 0. The number of benzene rings is 1. The number of aryl methyl sites for hydroxylation is 1. The summed E-state index contributed by atoms with van der Waals surface area (Å²) >= 11 is 0. The van der Waals surface area contributed by atoms with Crippen LogP contribution in [0, 0.1) is 6.92 Å². The van der Waals surface area contributed by atoms with E-state index in [4.69, 9.17) is 0 Å². The second kappa shape index (κ2) is 5.11. The van der Waals surface area contributed by atoms with Crippen LogP contribution in [-0.4, -0.2) is 10.3 Å². The van der Waals surface area contributed by atoms with Gasteiger partial charge in [-0.1, -0.05) is 73.7 Å². The molecule has 0 spiro atoms. The first-order valence-electron chi connectivity index (χ1n) is 6.44. The van der Waals surface area contributed by atoms with Crippen LogP contribution in [0.25, 0.3) is 0 Å². The minimum atomic E-state index is -0.0352. The Bertz CT molecular complexity index is 352. The lowest BCUT2D eigenvalue weighted by Gasteiger charge is -2.42. The molecule has 0 aliphatic rings. The molecule has 96 valence electrons. The Morgan fingerprint density at radius 3 is 1.76 bits per heavy atom. The zero-order chi connectivity index (χ0) is 13.3. The molecule has 0 aliphatic heterocycles. The Labute approximate surface area is 109 Å². The van der Waals surface area contributed by atoms with Gasteiger partial charge >= 0.3 is 0 Å². The lowest BCUT2D eigenvalue weighted by Crippen LogP contribution is -2.26. The maximum Gasteiger partial charge on any atom is -0.00611 e. The van der Waals surface area contributed by atoms with Gasteiger partial charge in [-0.25, -0.2) is 0 Å². The van der Waals surface area contributed by atoms with Crippen LogP contribution in [0.5, 0.6) is 0 Å². The molecule has 0 N–H and O–H groups in total. The van der Waals surface area contributed by atoms with Crippen molar-refractivity contribution in [1.82, 2.24) is 0 Å². The van der Waals surface area contributed by atoms with Gasteiger partial charge < -0.3 is 0 Å². The lowest BCUT2D eigenvalue weighted by atomic mass is 10.1. The van der Waals surface area contributed by atoms with E-state index in [2.05, 4.69) is 72.7 Å². The molecule has 1 aromatic carbocycles. The first-order chi connectivity index (χ1) is 7.62. The number of rotatable bonds is 2. The molecule has 0 heterocycles. The summed E-state index contributed by atoms with van der Waals surface area (Å²) in [5.74, 6) is 0. The van der Waals surface area contributed by atoms with Gasteiger partial charge in [-0.3, -0.25) is 0 Å². The van der Waals surface area contributed by atoms with Crippen LogP contribution in [0.3, 0.4) is 0 Å². The van der Waals surface area contributed by atoms with Gasteiger partial charge in [-0.2, -0.15) is 0 Å². The van der Waals surface area contributed by atoms with E-state index >= 15 is 0 Å². The average molecular weight is 250 g/mol. The van der Waals surface area contributed by atoms with E-state index in [-0.39, 0.29) is 7.92 Å². The Balaban J connectivity index is 3.00. The van der Waals surface area contributed by atoms with Gasteiger partial charge in [0.25, 0.3) is 0 Å². The van der Waals surface area contributed by atoms with E-state index in [9.17, 15) is 0 Å². The Hall–Kier alpha value is -0.350. The smallest absolute Gasteiger partial charge is 0.00611 e. The number of hydrogen-bond acceptors (Lipinski definition) is 0. The Morgan fingerprint density at radius 2 is 1.35 bits per heavy atom. The third-order valence-electron chi connectivity index (χ3n) is 3.21. The summed E-state index contributed by atoms with van der Waals surface area (Å²) in [4.78, 5) is 0. The first-order valence-corrected chi connectivity index (χ1v) is 7.97. The van der Waals surface area contributed by atoms with Crippen molar-refractivity contribution in [2.75, 3.05) is 0 Å². The van der Waals surface area contributed by atoms with Crippen molar-refractivity contribution in [2.24, 2.45) is 0 Å². The van der Waals surface area contributed by atoms with Gasteiger partial charge in [0, 0.05) is 0 Å². The summed E-state index contributed by atoms with van der Waals surface area (Å²) in [5.41, 5.74) is 2.97. The van der Waals surface area contributed by atoms with Gasteiger partial charge in [-0.05, 0) is 34.5 Å². The van der Waals surface area contributed by atoms with E-state index in [0.717, 1.165) is 0 Å². The fourth-order valence-electron chi connectivity index (χ4n) is 2.44. The van der Waals surface area contributed by atoms with Crippen molar-refractivity contribution in [3.05, 3.63) is 35.4 Å². The van der Waals surface area contributed by atoms with Gasteiger partial charge in [0.2, 0.25) is 0 Å². The molecule has 1 rings (SSSR count). The van der Waals surface area contributed by atoms with Gasteiger partial charge in [0.1, 0.15) is 0 Å². The zero-order valence-electron chi connectivity index (χ0n) is 12.5. The van der Waals surface area contributed by atoms with E-state index in [1.54, 1.807) is 0 Å². The highest BCUT2D eigenvalue weighted by atomic mass is 31.1. The molecule has 1 heteroatoms. The normalized spacial score (nSPS) is 13.2. The fraction of sp³-hybridized carbons (Fsp3) is 0.625. The Kier molecular flexibility index (Phi) is 4.42. The molecule has 17 heavy (non-hydrogen) atoms. The second-order valence-electron chi connectivity index (χ2n) is 6.85. The van der Waals surface area contributed by atoms with Gasteiger partial charge in [0.05, 0.1) is 0 Å². The van der Waals surface area contributed by atoms with Crippen LogP contribution in [-0.2, 0) is 6.16 Å². The van der Waals surface area contributed by atoms with Crippen molar-refractivity contribution in [2.45, 2.75) is 64.9 Å². The largest absolute Gasteiger partial charge is 0.0911 e. The van der Waals surface area contributed by atoms with Crippen molar-refractivity contribution in [1.29, 1.82) is 0 Å². The predicted molar refractivity (Wildman–Crippen MR) is 81.3 cm³/mol. The standard InChI is InChI=1S/C16H27P/c1-13-10-8-9-11-14(13)12-17(15(2,3)4)16(5,6)7/h8-11H,12H2,1-7H3. The molecule has 0 bridgehead atoms. The van der Waals surface area contributed by atoms with Crippen LogP contribution < -0.4 is 0 Å². The minimum Gasteiger partial charge on any atom is -0.0911 e. The minimum absolute atomic E-state index is 0.0352. The SMILES string of the molecule is Cc1ccccc1CP(C(C)(C)C)C(C)(C)C. The lowest BCUT2D eigenvalue weighted by molar-refractivity contribution is 0.702. The highest BCUT2D eigenvalue weighted by Gasteiger charge is 2.34. The summed E-state index contributed by atoms with van der Waals surface area (Å²) in [7, 11) is -0.0352. The third kappa shape index (κ3) is 4.11. The molecular weight excluding hydrogens is 223 g/mol. The molecule has 1 aromatic rings. The molecule has 0 aliphatic carbocycles. The third-order valence-corrected chi connectivity index (χ3v) is 7.11. The van der Waals surface area contributed by atoms with Crippen LogP contribution >= 0.6 is 7.92 Å². The summed E-state index contributed by atoms with van der Waals surface area (Å²) in [6.45, 7) is 16.6. The van der Waals surface area contributed by atoms with Gasteiger partial charge in [-0.15, -0.1) is 0 Å². The molecule has 0 nitrogen and oxygen atoms in total. The second-order valence-corrected chi connectivity index (χ2v) is 10.7. The summed E-state index contributed by atoms with van der Waals surface area (Å²) in [5, 5.41) is 0.825. The summed E-state index contributed by atoms with van der Waals surface area (Å²) in [6.07, 6.45) is 1.25. The van der Waals surface area contributed by atoms with Gasteiger partial charge in [0.15, 0.2) is 0 Å². The van der Waals surface area contributed by atoms with Crippen LogP contribution in [0.2, 0.25) is 0 Å². The highest BCUT2D eigenvalue weighted by Crippen LogP contribution is 2.61. The molecule has 0 unspecified atom stereocenters. The molecule has 0 fully saturated rings. The zero-order valence-corrected chi connectivity index (χ0v) is 13.4. The summed E-state index contributed by atoms with van der Waals surface area (Å²) in [6, 6.07) is 8.83. The average Bonchev–Trinajstić information content (AvgIpc) is 2.12. The topological polar surface area (TPSA) is 0 Å². The molecule has 0 amide bonds. The molecular formula is C16H27P. The van der Waals surface area contributed by atoms with Crippen LogP contribution in [0.4, 0.5) is 0 Å². The molecule has 0 radical (unpaired) electrons. The Morgan fingerprint density at radius 1 is 0.882 bits per heavy atom. The molecule has 0 atom stereocenters. The van der Waals surface area contributed by atoms with E-state index < -0.39 is 0 Å². The van der Waals surface area contributed by atoms with Crippen molar-refractivity contribution in [3.63, 3.8) is 0 Å². The molecule has 0 saturated carbocycles. The van der Waals surface area contributed by atoms with Crippen LogP contribution in [0.1, 0.15) is 52.7 Å². The quantitative estimate of drug-likeness (QED) is 0.601. The van der Waals surface area contributed by atoms with Crippen LogP contribution in [0.15, 0.2) is 24.3 Å². The highest BCUT2D eigenvalue weighted by molar-refractivity contribution is 7.60. The van der Waals surface area contributed by atoms with Crippen molar-refractivity contribution >= 4 is 7.92 Å². The van der Waals surface area contributed by atoms with Crippen molar-refractivity contribution < 1.29 is 0 Å². The van der Waals surface area contributed by atoms with Crippen molar-refractivity contribution in [3.8, 4) is 0 Å². The maximum atomic E-state index is 2.39. The summed E-state index contributed by atoms with van der Waals surface area (Å²) < 4.78 is 0. The first kappa shape index (κ1) is 14.7.